The summed E-state index contributed by atoms with van der Waals surface area (Å²) in [5, 5.41) is 21.9. The van der Waals surface area contributed by atoms with Crippen LogP contribution in [0.15, 0.2) is 18.3 Å². The maximum Gasteiger partial charge on any atom is 0.287 e. The summed E-state index contributed by atoms with van der Waals surface area (Å²) >= 11 is 0. The summed E-state index contributed by atoms with van der Waals surface area (Å²) in [5.74, 6) is 0.511. The van der Waals surface area contributed by atoms with Crippen molar-refractivity contribution in [2.75, 3.05) is 11.9 Å². The molecule has 1 aromatic heterocycles. The molecule has 0 unspecified atom stereocenters. The number of hydrogen-bond donors (Lipinski definition) is 2. The monoisotopic (exact) mass is 197 g/mol. The standard InChI is InChI=1S/C8H11N3O3/c1-6(5-12)10-8-3-2-7(4-9-8)11(13)14/h2-4,6,12H,5H2,1H3,(H,9,10)/t6-/m0/s1. The molecule has 6 nitrogen and oxygen atoms in total. The van der Waals surface area contributed by atoms with E-state index in [1.54, 1.807) is 6.92 Å². The maximum absolute atomic E-state index is 10.3. The van der Waals surface area contributed by atoms with Gasteiger partial charge in [-0.1, -0.05) is 0 Å². The summed E-state index contributed by atoms with van der Waals surface area (Å²) in [6.45, 7) is 1.77. The van der Waals surface area contributed by atoms with Crippen LogP contribution in [0.25, 0.3) is 0 Å². The Balaban J connectivity index is 2.68. The van der Waals surface area contributed by atoms with Gasteiger partial charge in [-0.25, -0.2) is 4.98 Å². The summed E-state index contributed by atoms with van der Waals surface area (Å²) in [6.07, 6.45) is 1.17. The molecule has 6 heteroatoms. The number of nitrogens with zero attached hydrogens (tertiary/aromatic N) is 2. The SMILES string of the molecule is C[C@@H](CO)Nc1ccc([N+](=O)[O-])cn1. The third-order valence-corrected chi connectivity index (χ3v) is 1.63. The van der Waals surface area contributed by atoms with Crippen LogP contribution in [0.1, 0.15) is 6.92 Å². The lowest BCUT2D eigenvalue weighted by Gasteiger charge is -2.10. The molecule has 0 aliphatic heterocycles. The van der Waals surface area contributed by atoms with E-state index in [4.69, 9.17) is 5.11 Å². The molecule has 0 saturated carbocycles. The first-order valence-corrected chi connectivity index (χ1v) is 4.11. The van der Waals surface area contributed by atoms with Crippen LogP contribution in [0.5, 0.6) is 0 Å². The minimum Gasteiger partial charge on any atom is -0.394 e. The lowest BCUT2D eigenvalue weighted by Crippen LogP contribution is -2.19. The summed E-state index contributed by atoms with van der Waals surface area (Å²) in [4.78, 5) is 13.6. The van der Waals surface area contributed by atoms with E-state index < -0.39 is 4.92 Å². The Morgan fingerprint density at radius 2 is 2.43 bits per heavy atom. The van der Waals surface area contributed by atoms with Gasteiger partial charge in [-0.05, 0) is 13.0 Å². The Morgan fingerprint density at radius 3 is 2.86 bits per heavy atom. The van der Waals surface area contributed by atoms with Crippen LogP contribution < -0.4 is 5.32 Å². The molecule has 1 heterocycles. The molecule has 0 amide bonds. The smallest absolute Gasteiger partial charge is 0.287 e. The second-order valence-electron chi connectivity index (χ2n) is 2.89. The third kappa shape index (κ3) is 2.67. The molecule has 0 aromatic carbocycles. The van der Waals surface area contributed by atoms with Crippen molar-refractivity contribution in [1.82, 2.24) is 4.98 Å². The van der Waals surface area contributed by atoms with Crippen LogP contribution in [0, 0.1) is 10.1 Å². The van der Waals surface area contributed by atoms with Gasteiger partial charge in [0.15, 0.2) is 0 Å². The molecule has 76 valence electrons. The number of pyridine rings is 1. The minimum absolute atomic E-state index is 0.0152. The van der Waals surface area contributed by atoms with Crippen LogP contribution in [0.4, 0.5) is 11.5 Å². The van der Waals surface area contributed by atoms with Crippen molar-refractivity contribution < 1.29 is 10.0 Å². The molecule has 0 aliphatic rings. The van der Waals surface area contributed by atoms with E-state index in [1.165, 1.54) is 18.3 Å². The predicted octanol–water partition coefficient (Wildman–Crippen LogP) is 0.782. The molecule has 1 rings (SSSR count). The highest BCUT2D eigenvalue weighted by Crippen LogP contribution is 2.12. The number of anilines is 1. The lowest BCUT2D eigenvalue weighted by atomic mass is 10.3. The second-order valence-corrected chi connectivity index (χ2v) is 2.89. The van der Waals surface area contributed by atoms with Crippen molar-refractivity contribution in [2.45, 2.75) is 13.0 Å². The zero-order valence-corrected chi connectivity index (χ0v) is 7.67. The fourth-order valence-corrected chi connectivity index (χ4v) is 0.878. The Labute approximate surface area is 80.7 Å². The summed E-state index contributed by atoms with van der Waals surface area (Å²) < 4.78 is 0. The van der Waals surface area contributed by atoms with Crippen molar-refractivity contribution in [1.29, 1.82) is 0 Å². The molecule has 0 spiro atoms. The number of aromatic nitrogens is 1. The molecular formula is C8H11N3O3. The first-order valence-electron chi connectivity index (χ1n) is 4.11. The number of aliphatic hydroxyl groups is 1. The average Bonchev–Trinajstić information content (AvgIpc) is 2.18. The predicted molar refractivity (Wildman–Crippen MR) is 51.1 cm³/mol. The van der Waals surface area contributed by atoms with E-state index in [2.05, 4.69) is 10.3 Å². The van der Waals surface area contributed by atoms with Crippen molar-refractivity contribution in [3.63, 3.8) is 0 Å². The number of nitro groups is 1. The van der Waals surface area contributed by atoms with Gasteiger partial charge in [0.2, 0.25) is 0 Å². The van der Waals surface area contributed by atoms with Crippen LogP contribution in [-0.2, 0) is 0 Å². The summed E-state index contributed by atoms with van der Waals surface area (Å²) in [7, 11) is 0. The number of hydrogen-bond acceptors (Lipinski definition) is 5. The maximum atomic E-state index is 10.3. The molecule has 2 N–H and O–H groups in total. The molecule has 0 bridgehead atoms. The highest BCUT2D eigenvalue weighted by atomic mass is 16.6. The zero-order valence-electron chi connectivity index (χ0n) is 7.67. The van der Waals surface area contributed by atoms with Gasteiger partial charge < -0.3 is 10.4 Å². The highest BCUT2D eigenvalue weighted by molar-refractivity contribution is 5.40. The largest absolute Gasteiger partial charge is 0.394 e. The van der Waals surface area contributed by atoms with Crippen LogP contribution in [0.2, 0.25) is 0 Å². The molecule has 14 heavy (non-hydrogen) atoms. The Kier molecular flexibility index (Phi) is 3.35. The topological polar surface area (TPSA) is 88.3 Å². The van der Waals surface area contributed by atoms with Gasteiger partial charge in [0.1, 0.15) is 12.0 Å². The molecular weight excluding hydrogens is 186 g/mol. The van der Waals surface area contributed by atoms with Gasteiger partial charge in [-0.15, -0.1) is 0 Å². The van der Waals surface area contributed by atoms with E-state index in [0.717, 1.165) is 0 Å². The fraction of sp³-hybridized carbons (Fsp3) is 0.375. The van der Waals surface area contributed by atoms with E-state index in [9.17, 15) is 10.1 Å². The van der Waals surface area contributed by atoms with Crippen LogP contribution in [-0.4, -0.2) is 27.7 Å². The zero-order chi connectivity index (χ0) is 10.6. The van der Waals surface area contributed by atoms with Crippen molar-refractivity contribution in [2.24, 2.45) is 0 Å². The normalized spacial score (nSPS) is 12.1. The molecule has 0 fully saturated rings. The Morgan fingerprint density at radius 1 is 1.71 bits per heavy atom. The molecule has 1 atom stereocenters. The third-order valence-electron chi connectivity index (χ3n) is 1.63. The lowest BCUT2D eigenvalue weighted by molar-refractivity contribution is -0.385. The van der Waals surface area contributed by atoms with E-state index in [1.807, 2.05) is 0 Å². The van der Waals surface area contributed by atoms with Crippen LogP contribution >= 0.6 is 0 Å². The molecule has 1 aromatic rings. The van der Waals surface area contributed by atoms with Gasteiger partial charge in [0, 0.05) is 12.1 Å². The molecule has 0 aliphatic carbocycles. The van der Waals surface area contributed by atoms with Gasteiger partial charge in [0.25, 0.3) is 5.69 Å². The van der Waals surface area contributed by atoms with Gasteiger partial charge in [-0.2, -0.15) is 0 Å². The number of rotatable bonds is 4. The number of nitrogens with one attached hydrogen (secondary N) is 1. The summed E-state index contributed by atoms with van der Waals surface area (Å²) in [5.41, 5.74) is -0.0489. The van der Waals surface area contributed by atoms with Crippen molar-refractivity contribution >= 4 is 11.5 Å². The van der Waals surface area contributed by atoms with Gasteiger partial charge in [-0.3, -0.25) is 10.1 Å². The van der Waals surface area contributed by atoms with E-state index >= 15 is 0 Å². The average molecular weight is 197 g/mol. The van der Waals surface area contributed by atoms with E-state index in [-0.39, 0.29) is 18.3 Å². The first-order chi connectivity index (χ1) is 6.63. The summed E-state index contributed by atoms with van der Waals surface area (Å²) in [6, 6.07) is 2.74. The highest BCUT2D eigenvalue weighted by Gasteiger charge is 2.06. The Bertz CT molecular complexity index is 312. The quantitative estimate of drug-likeness (QED) is 0.550. The van der Waals surface area contributed by atoms with Crippen LogP contribution in [0.3, 0.4) is 0 Å². The Hall–Kier alpha value is -1.69. The fourth-order valence-electron chi connectivity index (χ4n) is 0.878. The second kappa shape index (κ2) is 4.52. The van der Waals surface area contributed by atoms with Crippen molar-refractivity contribution in [3.05, 3.63) is 28.4 Å². The molecule has 0 saturated heterocycles. The molecule has 0 radical (unpaired) electrons. The first kappa shape index (κ1) is 10.4. The minimum atomic E-state index is -0.508. The van der Waals surface area contributed by atoms with E-state index in [0.29, 0.717) is 5.82 Å². The van der Waals surface area contributed by atoms with Gasteiger partial charge in [0.05, 0.1) is 11.5 Å². The van der Waals surface area contributed by atoms with Crippen molar-refractivity contribution in [3.8, 4) is 0 Å². The van der Waals surface area contributed by atoms with Gasteiger partial charge >= 0.3 is 0 Å². The number of aliphatic hydroxyl groups excluding tert-OH is 1.